The summed E-state index contributed by atoms with van der Waals surface area (Å²) in [7, 11) is 0. The van der Waals surface area contributed by atoms with Crippen LogP contribution in [-0.2, 0) is 11.3 Å². The molecular weight excluding hydrogens is 322 g/mol. The molecule has 0 spiro atoms. The van der Waals surface area contributed by atoms with Crippen molar-refractivity contribution in [2.45, 2.75) is 52.7 Å². The van der Waals surface area contributed by atoms with E-state index in [2.05, 4.69) is 24.0 Å². The third-order valence-electron chi connectivity index (χ3n) is 3.82. The van der Waals surface area contributed by atoms with Gasteiger partial charge < -0.3 is 24.8 Å². The molecule has 1 fully saturated rings. The molecule has 0 atom stereocenters. The second kappa shape index (κ2) is 7.76. The Balaban J connectivity index is 1.83. The van der Waals surface area contributed by atoms with E-state index in [0.717, 1.165) is 5.69 Å². The van der Waals surface area contributed by atoms with E-state index < -0.39 is 5.60 Å². The van der Waals surface area contributed by atoms with E-state index in [9.17, 15) is 4.79 Å². The van der Waals surface area contributed by atoms with E-state index in [1.165, 1.54) is 0 Å². The van der Waals surface area contributed by atoms with Gasteiger partial charge in [0.15, 0.2) is 11.7 Å². The van der Waals surface area contributed by atoms with Gasteiger partial charge in [-0.05, 0) is 26.7 Å². The second-order valence-electron chi connectivity index (χ2n) is 7.50. The molecule has 2 rings (SSSR count). The van der Waals surface area contributed by atoms with Crippen LogP contribution < -0.4 is 5.73 Å². The van der Waals surface area contributed by atoms with Crippen LogP contribution in [0, 0.1) is 0 Å². The summed E-state index contributed by atoms with van der Waals surface area (Å²) >= 11 is 0. The summed E-state index contributed by atoms with van der Waals surface area (Å²) in [6.45, 7) is 12.4. The van der Waals surface area contributed by atoms with Crippen molar-refractivity contribution >= 4 is 12.1 Å². The van der Waals surface area contributed by atoms with Crippen LogP contribution in [0.5, 0.6) is 0 Å². The van der Waals surface area contributed by atoms with Gasteiger partial charge in [-0.1, -0.05) is 19.0 Å². The Morgan fingerprint density at radius 3 is 2.44 bits per heavy atom. The fraction of sp³-hybridized carbons (Fsp3) is 0.706. The molecule has 1 aliphatic heterocycles. The number of aromatic nitrogens is 1. The quantitative estimate of drug-likeness (QED) is 0.662. The Bertz CT molecular complexity index is 610. The van der Waals surface area contributed by atoms with Gasteiger partial charge in [-0.3, -0.25) is 0 Å². The fourth-order valence-corrected chi connectivity index (χ4v) is 2.38. The zero-order chi connectivity index (χ0) is 18.6. The summed E-state index contributed by atoms with van der Waals surface area (Å²) in [6.07, 6.45) is -0.287. The maximum absolute atomic E-state index is 12.1. The molecule has 1 amide bonds. The number of carbonyl (C=O) groups excluding carboxylic acids is 1. The Morgan fingerprint density at radius 2 is 1.92 bits per heavy atom. The maximum Gasteiger partial charge on any atom is 0.410 e. The van der Waals surface area contributed by atoms with Gasteiger partial charge in [0.2, 0.25) is 0 Å². The zero-order valence-electron chi connectivity index (χ0n) is 15.8. The molecule has 1 aromatic heterocycles. The summed E-state index contributed by atoms with van der Waals surface area (Å²) in [5.41, 5.74) is 6.49. The first-order valence-electron chi connectivity index (χ1n) is 8.64. The third-order valence-corrected chi connectivity index (χ3v) is 3.82. The number of guanidine groups is 1. The molecule has 8 heteroatoms. The highest BCUT2D eigenvalue weighted by Crippen LogP contribution is 2.15. The summed E-state index contributed by atoms with van der Waals surface area (Å²) < 4.78 is 10.6. The Labute approximate surface area is 149 Å². The second-order valence-corrected chi connectivity index (χ2v) is 7.50. The summed E-state index contributed by atoms with van der Waals surface area (Å²) in [6, 6.07) is 1.90. The first-order chi connectivity index (χ1) is 11.7. The Kier molecular flexibility index (Phi) is 5.92. The van der Waals surface area contributed by atoms with Gasteiger partial charge >= 0.3 is 6.09 Å². The van der Waals surface area contributed by atoms with Gasteiger partial charge in [-0.15, -0.1) is 0 Å². The Hall–Kier alpha value is -2.25. The average molecular weight is 351 g/mol. The Morgan fingerprint density at radius 1 is 1.32 bits per heavy atom. The lowest BCUT2D eigenvalue weighted by molar-refractivity contribution is 0.0186. The molecule has 2 heterocycles. The SMILES string of the molecule is CC(C)c1cc(CN=C(N)N2CCN(C(=O)OC(C)(C)C)CC2)on1. The van der Waals surface area contributed by atoms with Crippen LogP contribution in [0.1, 0.15) is 52.0 Å². The number of ether oxygens (including phenoxy) is 1. The number of nitrogens with two attached hydrogens (primary N) is 1. The number of nitrogens with zero attached hydrogens (tertiary/aromatic N) is 4. The average Bonchev–Trinajstić information content (AvgIpc) is 3.00. The van der Waals surface area contributed by atoms with Crippen LogP contribution in [-0.4, -0.2) is 58.8 Å². The van der Waals surface area contributed by atoms with E-state index in [1.54, 1.807) is 4.90 Å². The van der Waals surface area contributed by atoms with Crippen molar-refractivity contribution in [3.05, 3.63) is 17.5 Å². The number of hydrogen-bond donors (Lipinski definition) is 1. The minimum Gasteiger partial charge on any atom is -0.444 e. The standard InChI is InChI=1S/C17H29N5O3/c1-12(2)14-10-13(25-20-14)11-19-15(18)21-6-8-22(9-7-21)16(23)24-17(3,4)5/h10,12H,6-9,11H2,1-5H3,(H2,18,19). The molecule has 0 saturated carbocycles. The van der Waals surface area contributed by atoms with Crippen molar-refractivity contribution in [2.24, 2.45) is 10.7 Å². The molecule has 1 saturated heterocycles. The lowest BCUT2D eigenvalue weighted by Crippen LogP contribution is -2.53. The molecule has 25 heavy (non-hydrogen) atoms. The molecule has 0 aliphatic carbocycles. The molecule has 8 nitrogen and oxygen atoms in total. The van der Waals surface area contributed by atoms with Gasteiger partial charge in [0.25, 0.3) is 0 Å². The van der Waals surface area contributed by atoms with Crippen LogP contribution >= 0.6 is 0 Å². The number of rotatable bonds is 3. The lowest BCUT2D eigenvalue weighted by Gasteiger charge is -2.36. The van der Waals surface area contributed by atoms with Gasteiger partial charge in [0.1, 0.15) is 12.1 Å². The van der Waals surface area contributed by atoms with Crippen LogP contribution in [0.15, 0.2) is 15.6 Å². The minimum atomic E-state index is -0.485. The van der Waals surface area contributed by atoms with Crippen molar-refractivity contribution in [1.82, 2.24) is 15.0 Å². The highest BCUT2D eigenvalue weighted by atomic mass is 16.6. The molecule has 0 unspecified atom stereocenters. The van der Waals surface area contributed by atoms with Crippen molar-refractivity contribution in [1.29, 1.82) is 0 Å². The monoisotopic (exact) mass is 351 g/mol. The largest absolute Gasteiger partial charge is 0.444 e. The number of amides is 1. The topological polar surface area (TPSA) is 97.2 Å². The first-order valence-corrected chi connectivity index (χ1v) is 8.64. The van der Waals surface area contributed by atoms with E-state index in [1.807, 2.05) is 31.7 Å². The lowest BCUT2D eigenvalue weighted by atomic mass is 10.1. The molecule has 1 aromatic rings. The number of piperazine rings is 1. The van der Waals surface area contributed by atoms with E-state index in [-0.39, 0.29) is 6.09 Å². The smallest absolute Gasteiger partial charge is 0.410 e. The third kappa shape index (κ3) is 5.65. The number of carbonyl (C=O) groups is 1. The number of hydrogen-bond acceptors (Lipinski definition) is 5. The van der Waals surface area contributed by atoms with Gasteiger partial charge in [-0.2, -0.15) is 0 Å². The van der Waals surface area contributed by atoms with Crippen molar-refractivity contribution in [3.63, 3.8) is 0 Å². The molecule has 0 aromatic carbocycles. The molecule has 0 bridgehead atoms. The summed E-state index contributed by atoms with van der Waals surface area (Å²) in [5.74, 6) is 1.46. The minimum absolute atomic E-state index is 0.287. The zero-order valence-corrected chi connectivity index (χ0v) is 15.8. The van der Waals surface area contributed by atoms with Crippen LogP contribution in [0.25, 0.3) is 0 Å². The van der Waals surface area contributed by atoms with E-state index in [4.69, 9.17) is 15.0 Å². The number of aliphatic imine (C=N–C) groups is 1. The molecule has 1 aliphatic rings. The fourth-order valence-electron chi connectivity index (χ4n) is 2.38. The predicted molar refractivity (Wildman–Crippen MR) is 95.3 cm³/mol. The van der Waals surface area contributed by atoms with Crippen LogP contribution in [0.4, 0.5) is 4.79 Å². The maximum atomic E-state index is 12.1. The van der Waals surface area contributed by atoms with Crippen molar-refractivity contribution in [3.8, 4) is 0 Å². The molecule has 140 valence electrons. The van der Waals surface area contributed by atoms with Gasteiger partial charge in [0.05, 0.1) is 5.69 Å². The van der Waals surface area contributed by atoms with Gasteiger partial charge in [-0.25, -0.2) is 9.79 Å². The molecular formula is C17H29N5O3. The summed E-state index contributed by atoms with van der Waals surface area (Å²) in [5, 5.41) is 4.01. The predicted octanol–water partition coefficient (Wildman–Crippen LogP) is 2.17. The highest BCUT2D eigenvalue weighted by Gasteiger charge is 2.26. The normalized spacial score (nSPS) is 16.5. The van der Waals surface area contributed by atoms with E-state index >= 15 is 0 Å². The van der Waals surface area contributed by atoms with Crippen LogP contribution in [0.2, 0.25) is 0 Å². The van der Waals surface area contributed by atoms with Crippen molar-refractivity contribution < 1.29 is 14.1 Å². The molecule has 2 N–H and O–H groups in total. The van der Waals surface area contributed by atoms with Gasteiger partial charge in [0, 0.05) is 32.2 Å². The van der Waals surface area contributed by atoms with Crippen molar-refractivity contribution in [2.75, 3.05) is 26.2 Å². The first kappa shape index (κ1) is 19.1. The highest BCUT2D eigenvalue weighted by molar-refractivity contribution is 5.78. The molecule has 0 radical (unpaired) electrons. The summed E-state index contributed by atoms with van der Waals surface area (Å²) in [4.78, 5) is 20.1. The van der Waals surface area contributed by atoms with E-state index in [0.29, 0.717) is 50.4 Å². The van der Waals surface area contributed by atoms with Crippen LogP contribution in [0.3, 0.4) is 0 Å².